The number of hydrogen-bond acceptors (Lipinski definition) is 3. The average Bonchev–Trinajstić information content (AvgIpc) is 2.72. The number of aromatic nitrogens is 1. The summed E-state index contributed by atoms with van der Waals surface area (Å²) in [7, 11) is 0. The van der Waals surface area contributed by atoms with Crippen LogP contribution < -0.4 is 10.6 Å². The van der Waals surface area contributed by atoms with Crippen LogP contribution in [0.25, 0.3) is 0 Å². The molecule has 0 fully saturated rings. The van der Waals surface area contributed by atoms with Crippen LogP contribution in [0.4, 0.5) is 0 Å². The predicted molar refractivity (Wildman–Crippen MR) is 114 cm³/mol. The van der Waals surface area contributed by atoms with Gasteiger partial charge in [0.25, 0.3) is 0 Å². The van der Waals surface area contributed by atoms with Gasteiger partial charge in [-0.05, 0) is 43.3 Å². The number of benzene rings is 1. The summed E-state index contributed by atoms with van der Waals surface area (Å²) in [6.07, 6.45) is 2.71. The molecule has 0 atom stereocenters. The molecule has 1 aromatic heterocycles. The number of guanidine groups is 1. The Morgan fingerprint density at radius 1 is 0.963 bits per heavy atom. The molecule has 1 aromatic carbocycles. The lowest BCUT2D eigenvalue weighted by Gasteiger charge is -2.18. The molecule has 2 N–H and O–H groups in total. The van der Waals surface area contributed by atoms with Gasteiger partial charge in [-0.1, -0.05) is 44.2 Å². The third kappa shape index (κ3) is 7.79. The molecule has 27 heavy (non-hydrogen) atoms. The van der Waals surface area contributed by atoms with Gasteiger partial charge in [-0.25, -0.2) is 4.99 Å². The van der Waals surface area contributed by atoms with Gasteiger partial charge in [-0.2, -0.15) is 0 Å². The van der Waals surface area contributed by atoms with Crippen LogP contribution in [0.2, 0.25) is 0 Å². The van der Waals surface area contributed by atoms with Gasteiger partial charge in [0, 0.05) is 37.9 Å². The molecule has 5 heteroatoms. The molecule has 0 aliphatic heterocycles. The van der Waals surface area contributed by atoms with E-state index in [2.05, 4.69) is 65.6 Å². The highest BCUT2D eigenvalue weighted by Crippen LogP contribution is 2.08. The quantitative estimate of drug-likeness (QED) is 0.500. The molecule has 0 spiro atoms. The Bertz CT molecular complexity index is 663. The zero-order chi connectivity index (χ0) is 19.3. The van der Waals surface area contributed by atoms with E-state index in [9.17, 15) is 0 Å². The second-order valence-electron chi connectivity index (χ2n) is 6.47. The summed E-state index contributed by atoms with van der Waals surface area (Å²) in [6, 6.07) is 14.8. The number of nitrogens with one attached hydrogen (secondary N) is 2. The van der Waals surface area contributed by atoms with E-state index < -0.39 is 0 Å². The Kier molecular flexibility index (Phi) is 9.35. The molecule has 0 saturated heterocycles. The van der Waals surface area contributed by atoms with Crippen molar-refractivity contribution in [2.24, 2.45) is 4.99 Å². The van der Waals surface area contributed by atoms with Crippen molar-refractivity contribution >= 4 is 5.96 Å². The van der Waals surface area contributed by atoms with Crippen molar-refractivity contribution in [3.8, 4) is 0 Å². The minimum atomic E-state index is 0.671. The van der Waals surface area contributed by atoms with Gasteiger partial charge in [-0.3, -0.25) is 9.88 Å². The summed E-state index contributed by atoms with van der Waals surface area (Å²) < 4.78 is 0. The van der Waals surface area contributed by atoms with Gasteiger partial charge in [0.05, 0.1) is 6.54 Å². The largest absolute Gasteiger partial charge is 0.357 e. The molecule has 1 heterocycles. The molecule has 0 aliphatic rings. The second-order valence-corrected chi connectivity index (χ2v) is 6.47. The third-order valence-corrected chi connectivity index (χ3v) is 4.49. The lowest BCUT2D eigenvalue weighted by atomic mass is 10.1. The van der Waals surface area contributed by atoms with E-state index in [0.717, 1.165) is 50.8 Å². The molecular weight excluding hydrogens is 334 g/mol. The van der Waals surface area contributed by atoms with Crippen LogP contribution in [0.1, 0.15) is 37.6 Å². The van der Waals surface area contributed by atoms with Crippen molar-refractivity contribution in [2.75, 3.05) is 26.2 Å². The van der Waals surface area contributed by atoms with Crippen LogP contribution in [0, 0.1) is 0 Å². The average molecular weight is 368 g/mol. The highest BCUT2D eigenvalue weighted by molar-refractivity contribution is 5.79. The normalized spacial score (nSPS) is 11.6. The second kappa shape index (κ2) is 12.1. The third-order valence-electron chi connectivity index (χ3n) is 4.49. The van der Waals surface area contributed by atoms with Crippen LogP contribution in [0.15, 0.2) is 53.7 Å². The first-order valence-electron chi connectivity index (χ1n) is 9.97. The lowest BCUT2D eigenvalue weighted by Crippen LogP contribution is -2.38. The van der Waals surface area contributed by atoms with Gasteiger partial charge in [0.1, 0.15) is 0 Å². The number of rotatable bonds is 10. The molecule has 0 unspecified atom stereocenters. The monoisotopic (exact) mass is 367 g/mol. The Labute approximate surface area is 163 Å². The minimum Gasteiger partial charge on any atom is -0.357 e. The molecule has 2 aromatic rings. The van der Waals surface area contributed by atoms with Crippen molar-refractivity contribution in [3.63, 3.8) is 0 Å². The molecule has 0 radical (unpaired) electrons. The maximum Gasteiger partial charge on any atom is 0.191 e. The molecule has 5 nitrogen and oxygen atoms in total. The van der Waals surface area contributed by atoms with E-state index in [0.29, 0.717) is 6.54 Å². The van der Waals surface area contributed by atoms with Gasteiger partial charge < -0.3 is 10.6 Å². The van der Waals surface area contributed by atoms with Gasteiger partial charge in [0.15, 0.2) is 5.96 Å². The van der Waals surface area contributed by atoms with E-state index in [1.165, 1.54) is 11.1 Å². The Morgan fingerprint density at radius 3 is 2.33 bits per heavy atom. The molecule has 0 amide bonds. The molecule has 2 rings (SSSR count). The minimum absolute atomic E-state index is 0.671. The van der Waals surface area contributed by atoms with Crippen LogP contribution in [-0.4, -0.2) is 42.0 Å². The summed E-state index contributed by atoms with van der Waals surface area (Å²) in [6.45, 7) is 12.0. The number of pyridine rings is 1. The fourth-order valence-corrected chi connectivity index (χ4v) is 2.82. The van der Waals surface area contributed by atoms with Crippen LogP contribution in [0.3, 0.4) is 0 Å². The van der Waals surface area contributed by atoms with Crippen molar-refractivity contribution in [3.05, 3.63) is 65.5 Å². The summed E-state index contributed by atoms with van der Waals surface area (Å²) in [5.41, 5.74) is 3.66. The first-order chi connectivity index (χ1) is 13.2. The Balaban J connectivity index is 1.85. The standard InChI is InChI=1S/C22H33N5/c1-4-23-22(25-16-14-21-9-7-8-15-24-21)26-17-19-10-12-20(13-11-19)18-27(5-2)6-3/h7-13,15H,4-6,14,16-18H2,1-3H3,(H2,23,25,26). The lowest BCUT2D eigenvalue weighted by molar-refractivity contribution is 0.296. The summed E-state index contributed by atoms with van der Waals surface area (Å²) in [4.78, 5) is 11.5. The Morgan fingerprint density at radius 2 is 1.70 bits per heavy atom. The number of aliphatic imine (C=N–C) groups is 1. The van der Waals surface area contributed by atoms with Crippen molar-refractivity contribution in [1.29, 1.82) is 0 Å². The summed E-state index contributed by atoms with van der Waals surface area (Å²) in [5.74, 6) is 0.848. The maximum absolute atomic E-state index is 4.70. The zero-order valence-electron chi connectivity index (χ0n) is 16.9. The first kappa shape index (κ1) is 20.9. The number of nitrogens with zero attached hydrogens (tertiary/aromatic N) is 3. The van der Waals surface area contributed by atoms with Crippen molar-refractivity contribution in [1.82, 2.24) is 20.5 Å². The van der Waals surface area contributed by atoms with E-state index in [1.54, 1.807) is 0 Å². The topological polar surface area (TPSA) is 52.6 Å². The SMILES string of the molecule is CCNC(=NCc1ccc(CN(CC)CC)cc1)NCCc1ccccn1. The molecule has 0 saturated carbocycles. The maximum atomic E-state index is 4.70. The van der Waals surface area contributed by atoms with Crippen LogP contribution in [0.5, 0.6) is 0 Å². The van der Waals surface area contributed by atoms with Gasteiger partial charge in [0.2, 0.25) is 0 Å². The fourth-order valence-electron chi connectivity index (χ4n) is 2.82. The number of hydrogen-bond donors (Lipinski definition) is 2. The smallest absolute Gasteiger partial charge is 0.191 e. The molecular formula is C22H33N5. The van der Waals surface area contributed by atoms with E-state index in [1.807, 2.05) is 24.4 Å². The van der Waals surface area contributed by atoms with Crippen LogP contribution in [-0.2, 0) is 19.5 Å². The molecule has 146 valence electrons. The zero-order valence-corrected chi connectivity index (χ0v) is 16.9. The summed E-state index contributed by atoms with van der Waals surface area (Å²) in [5, 5.41) is 6.69. The van der Waals surface area contributed by atoms with Crippen LogP contribution >= 0.6 is 0 Å². The fraction of sp³-hybridized carbons (Fsp3) is 0.455. The van der Waals surface area contributed by atoms with Crippen molar-refractivity contribution < 1.29 is 0 Å². The predicted octanol–water partition coefficient (Wildman–Crippen LogP) is 3.22. The van der Waals surface area contributed by atoms with Crippen molar-refractivity contribution in [2.45, 2.75) is 40.3 Å². The Hall–Kier alpha value is -2.40. The highest BCUT2D eigenvalue weighted by atomic mass is 15.2. The van der Waals surface area contributed by atoms with E-state index >= 15 is 0 Å². The first-order valence-corrected chi connectivity index (χ1v) is 9.97. The van der Waals surface area contributed by atoms with Gasteiger partial charge >= 0.3 is 0 Å². The van der Waals surface area contributed by atoms with E-state index in [-0.39, 0.29) is 0 Å². The van der Waals surface area contributed by atoms with Gasteiger partial charge in [-0.15, -0.1) is 0 Å². The summed E-state index contributed by atoms with van der Waals surface area (Å²) >= 11 is 0. The van der Waals surface area contributed by atoms with E-state index in [4.69, 9.17) is 4.99 Å². The molecule has 0 bridgehead atoms. The molecule has 0 aliphatic carbocycles. The highest BCUT2D eigenvalue weighted by Gasteiger charge is 2.02.